The van der Waals surface area contributed by atoms with E-state index in [1.807, 2.05) is 36.4 Å². The maximum Gasteiger partial charge on any atom is 0.202 e. The molecule has 1 aromatic heterocycles. The largest absolute Gasteiger partial charge is 0.244 e. The number of nitrogens with zero attached hydrogens (tertiary/aromatic N) is 1. The highest BCUT2D eigenvalue weighted by Crippen LogP contribution is 2.26. The second kappa shape index (κ2) is 4.63. The van der Waals surface area contributed by atoms with Gasteiger partial charge in [-0.3, -0.25) is 0 Å². The number of allylic oxidation sites excluding steroid dienone is 3. The van der Waals surface area contributed by atoms with Gasteiger partial charge < -0.3 is 0 Å². The normalized spacial score (nSPS) is 18.8. The fourth-order valence-corrected chi connectivity index (χ4v) is 3.90. The van der Waals surface area contributed by atoms with Crippen LogP contribution in [0, 0.1) is 0 Å². The number of aromatic nitrogens is 1. The van der Waals surface area contributed by atoms with Gasteiger partial charge in [0, 0.05) is 11.6 Å². The third kappa shape index (κ3) is 2.08. The highest BCUT2D eigenvalue weighted by atomic mass is 32.2. The van der Waals surface area contributed by atoms with Gasteiger partial charge in [-0.05, 0) is 17.9 Å². The quantitative estimate of drug-likeness (QED) is 0.843. The summed E-state index contributed by atoms with van der Waals surface area (Å²) in [6.45, 7) is 0. The van der Waals surface area contributed by atoms with E-state index in [-0.39, 0.29) is 5.03 Å². The van der Waals surface area contributed by atoms with Crippen LogP contribution < -0.4 is 0 Å². The topological polar surface area (TPSA) is 47.0 Å². The van der Waals surface area contributed by atoms with Crippen molar-refractivity contribution in [1.29, 1.82) is 0 Å². The second-order valence-electron chi connectivity index (χ2n) is 4.47. The van der Waals surface area contributed by atoms with Crippen LogP contribution in [0.4, 0.5) is 0 Å². The first-order valence-corrected chi connectivity index (χ1v) is 7.65. The Kier molecular flexibility index (Phi) is 2.95. The maximum absolute atomic E-state index is 12.7. The number of hydrogen-bond acceptors (Lipinski definition) is 3. The van der Waals surface area contributed by atoms with Gasteiger partial charge in [-0.2, -0.15) is 0 Å². The molecule has 4 heteroatoms. The average molecular weight is 271 g/mol. The lowest BCUT2D eigenvalue weighted by atomic mass is 10.2. The van der Waals surface area contributed by atoms with Gasteiger partial charge in [-0.1, -0.05) is 48.6 Å². The lowest BCUT2D eigenvalue weighted by Crippen LogP contribution is -2.21. The fourth-order valence-electron chi connectivity index (χ4n) is 2.25. The van der Waals surface area contributed by atoms with Crippen molar-refractivity contribution in [3.63, 3.8) is 0 Å². The number of fused-ring (bicyclic) bond motifs is 1. The molecule has 0 spiro atoms. The van der Waals surface area contributed by atoms with Gasteiger partial charge in [0.25, 0.3) is 0 Å². The molecule has 0 amide bonds. The summed E-state index contributed by atoms with van der Waals surface area (Å²) in [5, 5.41) is 1.24. The lowest BCUT2D eigenvalue weighted by Gasteiger charge is -2.14. The first-order chi connectivity index (χ1) is 9.19. The smallest absolute Gasteiger partial charge is 0.202 e. The van der Waals surface area contributed by atoms with Gasteiger partial charge >= 0.3 is 0 Å². The van der Waals surface area contributed by atoms with Crippen LogP contribution in [0.5, 0.6) is 0 Å². The first-order valence-electron chi connectivity index (χ1n) is 6.10. The van der Waals surface area contributed by atoms with Crippen molar-refractivity contribution in [1.82, 2.24) is 4.98 Å². The Labute approximate surface area is 112 Å². The minimum atomic E-state index is -3.44. The SMILES string of the molecule is O=S(=O)(c1nccc2ccccc12)C1C=CC=CC1. The van der Waals surface area contributed by atoms with Gasteiger partial charge in [-0.15, -0.1) is 0 Å². The van der Waals surface area contributed by atoms with Crippen molar-refractivity contribution in [3.05, 3.63) is 60.8 Å². The third-order valence-electron chi connectivity index (χ3n) is 3.25. The molecule has 0 saturated carbocycles. The molecule has 2 aromatic rings. The van der Waals surface area contributed by atoms with Crippen molar-refractivity contribution in [2.24, 2.45) is 0 Å². The van der Waals surface area contributed by atoms with Gasteiger partial charge in [0.1, 0.15) is 0 Å². The Bertz CT molecular complexity index is 770. The monoisotopic (exact) mass is 271 g/mol. The molecular weight excluding hydrogens is 258 g/mol. The van der Waals surface area contributed by atoms with E-state index in [9.17, 15) is 8.42 Å². The molecule has 1 heterocycles. The molecule has 3 rings (SSSR count). The summed E-state index contributed by atoms with van der Waals surface area (Å²) in [7, 11) is -3.44. The summed E-state index contributed by atoms with van der Waals surface area (Å²) in [6.07, 6.45) is 9.28. The molecule has 0 N–H and O–H groups in total. The molecule has 0 radical (unpaired) electrons. The fraction of sp³-hybridized carbons (Fsp3) is 0.133. The highest BCUT2D eigenvalue weighted by Gasteiger charge is 2.28. The van der Waals surface area contributed by atoms with E-state index in [2.05, 4.69) is 4.98 Å². The third-order valence-corrected chi connectivity index (χ3v) is 5.26. The molecule has 0 aliphatic heterocycles. The van der Waals surface area contributed by atoms with E-state index in [0.29, 0.717) is 11.8 Å². The van der Waals surface area contributed by atoms with Crippen molar-refractivity contribution >= 4 is 20.6 Å². The van der Waals surface area contributed by atoms with E-state index in [1.54, 1.807) is 24.4 Å². The Balaban J connectivity index is 2.19. The zero-order valence-corrected chi connectivity index (χ0v) is 11.0. The zero-order valence-electron chi connectivity index (χ0n) is 10.2. The molecule has 96 valence electrons. The zero-order chi connectivity index (χ0) is 13.3. The van der Waals surface area contributed by atoms with Crippen LogP contribution >= 0.6 is 0 Å². The van der Waals surface area contributed by atoms with Crippen LogP contribution in [-0.2, 0) is 9.84 Å². The standard InChI is InChI=1S/C15H13NO2S/c17-19(18,13-7-2-1-3-8-13)15-14-9-5-4-6-12(14)10-11-16-15/h1-7,9-11,13H,8H2. The van der Waals surface area contributed by atoms with Crippen LogP contribution in [0.3, 0.4) is 0 Å². The Morgan fingerprint density at radius 3 is 2.74 bits per heavy atom. The van der Waals surface area contributed by atoms with Crippen LogP contribution in [0.1, 0.15) is 6.42 Å². The molecule has 0 saturated heterocycles. The number of hydrogen-bond donors (Lipinski definition) is 0. The van der Waals surface area contributed by atoms with E-state index in [1.165, 1.54) is 0 Å². The summed E-state index contributed by atoms with van der Waals surface area (Å²) in [5.41, 5.74) is 0. The van der Waals surface area contributed by atoms with Crippen LogP contribution in [0.15, 0.2) is 65.9 Å². The van der Waals surface area contributed by atoms with Gasteiger partial charge in [0.15, 0.2) is 5.03 Å². The van der Waals surface area contributed by atoms with Crippen LogP contribution in [-0.4, -0.2) is 18.7 Å². The molecule has 1 aliphatic carbocycles. The van der Waals surface area contributed by atoms with E-state index in [4.69, 9.17) is 0 Å². The molecule has 1 aliphatic rings. The van der Waals surface area contributed by atoms with Gasteiger partial charge in [0.05, 0.1) is 5.25 Å². The number of pyridine rings is 1. The molecule has 1 aromatic carbocycles. The minimum Gasteiger partial charge on any atom is -0.244 e. The van der Waals surface area contributed by atoms with E-state index in [0.717, 1.165) is 5.39 Å². The van der Waals surface area contributed by atoms with Crippen molar-refractivity contribution in [2.75, 3.05) is 0 Å². The molecule has 0 fully saturated rings. The summed E-state index contributed by atoms with van der Waals surface area (Å²) >= 11 is 0. The highest BCUT2D eigenvalue weighted by molar-refractivity contribution is 7.92. The molecule has 3 nitrogen and oxygen atoms in total. The molecule has 1 unspecified atom stereocenters. The predicted octanol–water partition coefficient (Wildman–Crippen LogP) is 2.89. The van der Waals surface area contributed by atoms with E-state index >= 15 is 0 Å². The number of rotatable bonds is 2. The molecular formula is C15H13NO2S. The number of benzene rings is 1. The summed E-state index contributed by atoms with van der Waals surface area (Å²) in [6, 6.07) is 9.25. The maximum atomic E-state index is 12.7. The Morgan fingerprint density at radius 2 is 1.95 bits per heavy atom. The predicted molar refractivity (Wildman–Crippen MR) is 75.6 cm³/mol. The van der Waals surface area contributed by atoms with Gasteiger partial charge in [0.2, 0.25) is 9.84 Å². The van der Waals surface area contributed by atoms with Gasteiger partial charge in [-0.25, -0.2) is 13.4 Å². The van der Waals surface area contributed by atoms with Crippen molar-refractivity contribution < 1.29 is 8.42 Å². The molecule has 1 atom stereocenters. The van der Waals surface area contributed by atoms with Crippen LogP contribution in [0.25, 0.3) is 10.8 Å². The Morgan fingerprint density at radius 1 is 1.11 bits per heavy atom. The summed E-state index contributed by atoms with van der Waals surface area (Å²) in [5.74, 6) is 0. The number of sulfone groups is 1. The minimum absolute atomic E-state index is 0.176. The Hall–Kier alpha value is -1.94. The van der Waals surface area contributed by atoms with Crippen molar-refractivity contribution in [3.8, 4) is 0 Å². The lowest BCUT2D eigenvalue weighted by molar-refractivity contribution is 0.585. The molecule has 0 bridgehead atoms. The van der Waals surface area contributed by atoms with Crippen molar-refractivity contribution in [2.45, 2.75) is 16.7 Å². The summed E-state index contributed by atoms with van der Waals surface area (Å²) in [4.78, 5) is 4.11. The molecule has 19 heavy (non-hydrogen) atoms. The first kappa shape index (κ1) is 12.1. The average Bonchev–Trinajstić information content (AvgIpc) is 2.47. The van der Waals surface area contributed by atoms with E-state index < -0.39 is 15.1 Å². The second-order valence-corrected chi connectivity index (χ2v) is 6.55. The summed E-state index contributed by atoms with van der Waals surface area (Å²) < 4.78 is 25.3. The van der Waals surface area contributed by atoms with Crippen LogP contribution in [0.2, 0.25) is 0 Å².